The largest absolute Gasteiger partial charge is 0.0616 e. The lowest BCUT2D eigenvalue weighted by Crippen LogP contribution is -2.10. The van der Waals surface area contributed by atoms with E-state index in [1.165, 1.54) is 81.7 Å². The van der Waals surface area contributed by atoms with Crippen molar-refractivity contribution >= 4 is 53.9 Å². The summed E-state index contributed by atoms with van der Waals surface area (Å²) in [6.45, 7) is 6.88. The molecule has 0 unspecified atom stereocenters. The van der Waals surface area contributed by atoms with Crippen molar-refractivity contribution < 1.29 is 2.85 Å². The topological polar surface area (TPSA) is 0 Å². The first kappa shape index (κ1) is 23.2. The van der Waals surface area contributed by atoms with Gasteiger partial charge >= 0.3 is 0 Å². The highest BCUT2D eigenvalue weighted by molar-refractivity contribution is 6.25. The number of benzene rings is 8. The molecular weight excluding hydrogens is 480 g/mol. The lowest BCUT2D eigenvalue weighted by atomic mass is 9.82. The van der Waals surface area contributed by atoms with Crippen LogP contribution in [0, 0.1) is 0 Å². The summed E-state index contributed by atoms with van der Waals surface area (Å²) in [5.74, 6) is 0. The van der Waals surface area contributed by atoms with Gasteiger partial charge in [0.25, 0.3) is 0 Å². The Labute approximate surface area is 237 Å². The van der Waals surface area contributed by atoms with Crippen LogP contribution in [-0.2, 0) is 5.41 Å². The van der Waals surface area contributed by atoms with Gasteiger partial charge in [-0.1, -0.05) is 130 Å². The normalized spacial score (nSPS) is 12.4. The smallest absolute Gasteiger partial charge is 0 e. The summed E-state index contributed by atoms with van der Waals surface area (Å²) in [6.07, 6.45) is 0. The molecule has 0 saturated heterocycles. The van der Waals surface area contributed by atoms with E-state index < -0.39 is 0 Å². The second-order valence-corrected chi connectivity index (χ2v) is 12.3. The molecule has 8 aromatic rings. The van der Waals surface area contributed by atoms with Crippen molar-refractivity contribution in [2.75, 3.05) is 0 Å². The lowest BCUT2D eigenvalue weighted by molar-refractivity contribution is 0.591. The quantitative estimate of drug-likeness (QED) is 0.201. The van der Waals surface area contributed by atoms with E-state index in [0.717, 1.165) is 0 Å². The number of hydrogen-bond donors (Lipinski definition) is 0. The minimum absolute atomic E-state index is 0. The summed E-state index contributed by atoms with van der Waals surface area (Å²) >= 11 is 0. The van der Waals surface area contributed by atoms with Gasteiger partial charge in [-0.2, -0.15) is 0 Å². The number of hydrogen-bond acceptors (Lipinski definition) is 0. The van der Waals surface area contributed by atoms with Gasteiger partial charge in [-0.05, 0) is 105 Å². The Kier molecular flexibility index (Phi) is 4.88. The van der Waals surface area contributed by atoms with E-state index in [-0.39, 0.29) is 8.27 Å². The monoisotopic (exact) mass is 514 g/mol. The molecule has 40 heavy (non-hydrogen) atoms. The van der Waals surface area contributed by atoms with E-state index in [1.807, 2.05) is 0 Å². The molecule has 0 nitrogen and oxygen atoms in total. The maximum atomic E-state index is 2.39. The highest BCUT2D eigenvalue weighted by Crippen LogP contribution is 2.41. The van der Waals surface area contributed by atoms with Gasteiger partial charge in [-0.3, -0.25) is 0 Å². The molecule has 0 amide bonds. The Bertz CT molecular complexity index is 2230. The molecule has 0 aliphatic carbocycles. The molecule has 8 rings (SSSR count). The van der Waals surface area contributed by atoms with Gasteiger partial charge in [0.05, 0.1) is 0 Å². The molecule has 0 heterocycles. The van der Waals surface area contributed by atoms with Crippen LogP contribution >= 0.6 is 0 Å². The Morgan fingerprint density at radius 2 is 0.900 bits per heavy atom. The highest BCUT2D eigenvalue weighted by Gasteiger charge is 2.18. The van der Waals surface area contributed by atoms with E-state index in [9.17, 15) is 0 Å². The molecule has 0 spiro atoms. The van der Waals surface area contributed by atoms with E-state index in [0.29, 0.717) is 0 Å². The Morgan fingerprint density at radius 3 is 1.60 bits per heavy atom. The molecule has 0 radical (unpaired) electrons. The molecule has 0 atom stereocenters. The average molecular weight is 515 g/mol. The summed E-state index contributed by atoms with van der Waals surface area (Å²) in [5.41, 5.74) is 6.57. The molecule has 0 saturated carbocycles. The van der Waals surface area contributed by atoms with E-state index in [1.54, 1.807) is 0 Å². The third-order valence-corrected chi connectivity index (χ3v) is 8.70. The third-order valence-electron chi connectivity index (χ3n) is 8.70. The molecular formula is C40H34. The zero-order chi connectivity index (χ0) is 27.0. The molecule has 0 fully saturated rings. The maximum Gasteiger partial charge on any atom is 0 e. The summed E-state index contributed by atoms with van der Waals surface area (Å²) in [7, 11) is 0. The van der Waals surface area contributed by atoms with Gasteiger partial charge < -0.3 is 0 Å². The zero-order valence-corrected chi connectivity index (χ0v) is 23.1. The second-order valence-electron chi connectivity index (χ2n) is 12.3. The van der Waals surface area contributed by atoms with Gasteiger partial charge in [0.1, 0.15) is 0 Å². The molecule has 0 N–H and O–H groups in total. The van der Waals surface area contributed by atoms with Crippen LogP contribution in [-0.4, -0.2) is 0 Å². The van der Waals surface area contributed by atoms with Crippen LogP contribution in [0.3, 0.4) is 0 Å². The number of fused-ring (bicyclic) bond motifs is 2. The summed E-state index contributed by atoms with van der Waals surface area (Å²) < 4.78 is 0. The fourth-order valence-corrected chi connectivity index (χ4v) is 6.47. The van der Waals surface area contributed by atoms with Gasteiger partial charge in [-0.25, -0.2) is 0 Å². The molecule has 0 aliphatic heterocycles. The van der Waals surface area contributed by atoms with E-state index >= 15 is 0 Å². The van der Waals surface area contributed by atoms with Crippen LogP contribution in [0.1, 0.15) is 29.2 Å². The van der Waals surface area contributed by atoms with Crippen molar-refractivity contribution in [2.45, 2.75) is 26.2 Å². The van der Waals surface area contributed by atoms with Crippen LogP contribution in [0.5, 0.6) is 0 Å². The molecule has 194 valence electrons. The van der Waals surface area contributed by atoms with Crippen molar-refractivity contribution in [1.82, 2.24) is 0 Å². The van der Waals surface area contributed by atoms with Crippen molar-refractivity contribution in [3.63, 3.8) is 0 Å². The molecule has 8 aromatic carbocycles. The SMILES string of the molecule is CC(C)(C)c1cc2ccc3ccc(-c4ccc5cc(-c6ccc7ccccc7c6)ccc5c4)c4ccc(c1)c2c34.[HH].[HH]. The fourth-order valence-electron chi connectivity index (χ4n) is 6.47. The van der Waals surface area contributed by atoms with E-state index in [2.05, 4.69) is 148 Å². The first-order chi connectivity index (χ1) is 19.4. The van der Waals surface area contributed by atoms with Crippen LogP contribution in [0.2, 0.25) is 0 Å². The van der Waals surface area contributed by atoms with E-state index in [4.69, 9.17) is 0 Å². The van der Waals surface area contributed by atoms with Crippen molar-refractivity contribution in [2.24, 2.45) is 0 Å². The maximum absolute atomic E-state index is 2.39. The average Bonchev–Trinajstić information content (AvgIpc) is 2.98. The highest BCUT2D eigenvalue weighted by atomic mass is 14.2. The van der Waals surface area contributed by atoms with Crippen LogP contribution < -0.4 is 0 Å². The van der Waals surface area contributed by atoms with Crippen molar-refractivity contribution in [3.8, 4) is 22.3 Å². The minimum atomic E-state index is 0. The molecule has 0 heteroatoms. The predicted octanol–water partition coefficient (Wildman–Crippen LogP) is 12.0. The molecule has 0 bridgehead atoms. The first-order valence-corrected chi connectivity index (χ1v) is 14.2. The van der Waals surface area contributed by atoms with Gasteiger partial charge in [0.2, 0.25) is 0 Å². The van der Waals surface area contributed by atoms with Crippen LogP contribution in [0.15, 0.2) is 127 Å². The van der Waals surface area contributed by atoms with Crippen LogP contribution in [0.25, 0.3) is 76.1 Å². The van der Waals surface area contributed by atoms with Crippen molar-refractivity contribution in [3.05, 3.63) is 133 Å². The second kappa shape index (κ2) is 8.41. The fraction of sp³-hybridized carbons (Fsp3) is 0.100. The Hall–Kier alpha value is -4.68. The standard InChI is InChI=1S/C40H30.2H2/c1-40(2,3)35-23-33-15-9-26-16-18-36(37-19-17-34(24-35)38(33)39(26)37)32-14-13-30-21-29(11-12-31(30)22-32)28-10-8-25-6-4-5-7-27(25)20-28;;/h4-24H,1-3H3;2*1H. The Balaban J connectivity index is 0.00000158. The third kappa shape index (κ3) is 3.60. The summed E-state index contributed by atoms with van der Waals surface area (Å²) in [4.78, 5) is 0. The van der Waals surface area contributed by atoms with Crippen molar-refractivity contribution in [1.29, 1.82) is 0 Å². The zero-order valence-electron chi connectivity index (χ0n) is 23.1. The first-order valence-electron chi connectivity index (χ1n) is 14.2. The summed E-state index contributed by atoms with van der Waals surface area (Å²) in [5, 5.41) is 13.1. The summed E-state index contributed by atoms with van der Waals surface area (Å²) in [6, 6.07) is 47.7. The molecule has 0 aromatic heterocycles. The number of rotatable bonds is 2. The van der Waals surface area contributed by atoms with Crippen LogP contribution in [0.4, 0.5) is 0 Å². The predicted molar refractivity (Wildman–Crippen MR) is 179 cm³/mol. The minimum Gasteiger partial charge on any atom is -0.0616 e. The van der Waals surface area contributed by atoms with Gasteiger partial charge in [0.15, 0.2) is 0 Å². The molecule has 0 aliphatic rings. The van der Waals surface area contributed by atoms with Gasteiger partial charge in [0, 0.05) is 2.85 Å². The lowest BCUT2D eigenvalue weighted by Gasteiger charge is -2.22. The van der Waals surface area contributed by atoms with Gasteiger partial charge in [-0.15, -0.1) is 0 Å². The Morgan fingerprint density at radius 1 is 0.400 bits per heavy atom.